The number of halogens is 3. The molecular weight excluding hydrogens is 340 g/mol. The second-order valence-corrected chi connectivity index (χ2v) is 7.28. The van der Waals surface area contributed by atoms with Crippen molar-refractivity contribution in [1.82, 2.24) is 4.48 Å². The first-order valence-electron chi connectivity index (χ1n) is 8.26. The van der Waals surface area contributed by atoms with E-state index < -0.39 is 6.97 Å². The lowest BCUT2D eigenvalue weighted by atomic mass is 9.84. The monoisotopic (exact) mass is 358 g/mol. The zero-order chi connectivity index (χ0) is 18.1. The number of hydrogen-bond donors (Lipinski definition) is 0. The van der Waals surface area contributed by atoms with Gasteiger partial charge in [-0.1, -0.05) is 23.7 Å². The van der Waals surface area contributed by atoms with Gasteiger partial charge >= 0.3 is 6.97 Å². The molecule has 0 saturated heterocycles. The molecule has 0 aliphatic carbocycles. The summed E-state index contributed by atoms with van der Waals surface area (Å²) < 4.78 is 33.3. The van der Waals surface area contributed by atoms with Crippen LogP contribution in [0, 0.1) is 13.8 Å². The molecule has 128 valence electrons. The second-order valence-electron chi connectivity index (χ2n) is 6.84. The normalized spacial score (nSPS) is 18.4. The second kappa shape index (κ2) is 5.18. The molecule has 0 atom stereocenters. The number of hydrogen-bond acceptors (Lipinski definition) is 0. The summed E-state index contributed by atoms with van der Waals surface area (Å²) >= 11 is 6.03. The number of fused-ring (bicyclic) bond motifs is 2. The van der Waals surface area contributed by atoms with Gasteiger partial charge in [0.05, 0.1) is 5.57 Å². The van der Waals surface area contributed by atoms with Crippen molar-refractivity contribution in [2.24, 2.45) is 0 Å². The van der Waals surface area contributed by atoms with E-state index in [2.05, 4.69) is 0 Å². The van der Waals surface area contributed by atoms with Gasteiger partial charge in [-0.2, -0.15) is 0 Å². The molecule has 6 heteroatoms. The Hall–Kier alpha value is -2.14. The smallest absolute Gasteiger partial charge is 0.393 e. The highest BCUT2D eigenvalue weighted by Crippen LogP contribution is 2.44. The average molecular weight is 359 g/mol. The van der Waals surface area contributed by atoms with E-state index in [1.807, 2.05) is 38.1 Å². The average Bonchev–Trinajstić information content (AvgIpc) is 2.99. The van der Waals surface area contributed by atoms with Gasteiger partial charge in [-0.25, -0.2) is 0 Å². The summed E-state index contributed by atoms with van der Waals surface area (Å²) in [5.41, 5.74) is 5.76. The van der Waals surface area contributed by atoms with Gasteiger partial charge in [0.2, 0.25) is 0 Å². The maximum atomic E-state index is 15.4. The Balaban J connectivity index is 2.17. The number of nitrogens with zero attached hydrogens (tertiary/aromatic N) is 2. The Labute approximate surface area is 150 Å². The Morgan fingerprint density at radius 1 is 1.04 bits per heavy atom. The molecule has 1 aromatic heterocycles. The van der Waals surface area contributed by atoms with Crippen LogP contribution in [-0.2, 0) is 0 Å². The summed E-state index contributed by atoms with van der Waals surface area (Å²) in [4.78, 5) is 0. The van der Waals surface area contributed by atoms with Gasteiger partial charge in [0.15, 0.2) is 5.70 Å². The van der Waals surface area contributed by atoms with Crippen LogP contribution in [0.2, 0.25) is 5.02 Å². The van der Waals surface area contributed by atoms with Crippen LogP contribution in [0.15, 0.2) is 47.7 Å². The van der Waals surface area contributed by atoms with Crippen molar-refractivity contribution >= 4 is 29.9 Å². The van der Waals surface area contributed by atoms with Crippen LogP contribution < -0.4 is 0 Å². The van der Waals surface area contributed by atoms with Crippen LogP contribution in [0.25, 0.3) is 5.57 Å². The van der Waals surface area contributed by atoms with Crippen molar-refractivity contribution in [2.45, 2.75) is 27.7 Å². The van der Waals surface area contributed by atoms with Crippen LogP contribution in [0.5, 0.6) is 0 Å². The van der Waals surface area contributed by atoms with Gasteiger partial charge < -0.3 is 17.6 Å². The molecule has 2 aliphatic rings. The summed E-state index contributed by atoms with van der Waals surface area (Å²) in [5.74, 6) is 0. The standard InChI is InChI=1S/C19H18BClF2N2/c1-11-9-13(3)24-18(11)17(15-5-7-16(21)8-6-15)19-12(2)10-14(4)25(19)20(24,22)23/h5-10H,1-4H3. The molecule has 0 saturated carbocycles. The minimum Gasteiger partial charge on any atom is -0.393 e. The van der Waals surface area contributed by atoms with E-state index in [0.29, 0.717) is 27.8 Å². The van der Waals surface area contributed by atoms with E-state index in [4.69, 9.17) is 11.6 Å². The van der Waals surface area contributed by atoms with Crippen LogP contribution in [0.4, 0.5) is 8.63 Å². The molecule has 0 bridgehead atoms. The molecule has 0 fully saturated rings. The van der Waals surface area contributed by atoms with Crippen molar-refractivity contribution in [3.63, 3.8) is 0 Å². The maximum Gasteiger partial charge on any atom is 0.737 e. The minimum atomic E-state index is -3.92. The highest BCUT2D eigenvalue weighted by Gasteiger charge is 2.55. The van der Waals surface area contributed by atoms with Gasteiger partial charge in [0, 0.05) is 29.3 Å². The number of rotatable bonds is 1. The summed E-state index contributed by atoms with van der Waals surface area (Å²) in [6.07, 6.45) is 1.83. The van der Waals surface area contributed by atoms with E-state index in [0.717, 1.165) is 22.3 Å². The zero-order valence-electron chi connectivity index (χ0n) is 14.6. The summed E-state index contributed by atoms with van der Waals surface area (Å²) in [5, 5.41) is 0.626. The molecule has 0 N–H and O–H groups in total. The molecule has 0 amide bonds. The Kier molecular flexibility index (Phi) is 3.39. The molecule has 2 aromatic rings. The lowest BCUT2D eigenvalue weighted by Gasteiger charge is -2.34. The predicted molar refractivity (Wildman–Crippen MR) is 99.4 cm³/mol. The van der Waals surface area contributed by atoms with Crippen molar-refractivity contribution < 1.29 is 13.1 Å². The summed E-state index contributed by atoms with van der Waals surface area (Å²) in [6.45, 7) is 3.33. The lowest BCUT2D eigenvalue weighted by Crippen LogP contribution is -2.51. The predicted octanol–water partition coefficient (Wildman–Crippen LogP) is 5.19. The third-order valence-electron chi connectivity index (χ3n) is 5.07. The SMILES string of the molecule is CC1=CC(C)=[N+]2C1=C(c1ccc(Cl)cc1)c1c(C)cc(C)n1[B-]2(F)F. The molecular formula is C19H18BClF2N2. The quantitative estimate of drug-likeness (QED) is 0.620. The molecule has 0 unspecified atom stereocenters. The highest BCUT2D eigenvalue weighted by atomic mass is 35.5. The molecule has 2 aliphatic heterocycles. The van der Waals surface area contributed by atoms with Crippen molar-refractivity contribution in [2.75, 3.05) is 0 Å². The van der Waals surface area contributed by atoms with Crippen LogP contribution in [0.3, 0.4) is 0 Å². The minimum absolute atomic E-state index is 0.570. The van der Waals surface area contributed by atoms with Gasteiger partial charge in [0.1, 0.15) is 5.71 Å². The third-order valence-corrected chi connectivity index (χ3v) is 5.32. The first kappa shape index (κ1) is 16.3. The van der Waals surface area contributed by atoms with Gasteiger partial charge in [0.25, 0.3) is 0 Å². The van der Waals surface area contributed by atoms with Crippen LogP contribution in [-0.4, -0.2) is 21.6 Å². The molecule has 3 heterocycles. The van der Waals surface area contributed by atoms with E-state index >= 15 is 8.63 Å². The molecule has 1 aromatic carbocycles. The lowest BCUT2D eigenvalue weighted by molar-refractivity contribution is -0.363. The molecule has 4 rings (SSSR count). The van der Waals surface area contributed by atoms with E-state index in [-0.39, 0.29) is 0 Å². The van der Waals surface area contributed by atoms with Gasteiger partial charge in [-0.05, 0) is 55.8 Å². The largest absolute Gasteiger partial charge is 0.737 e. The van der Waals surface area contributed by atoms with Crippen LogP contribution >= 0.6 is 11.6 Å². The first-order chi connectivity index (χ1) is 11.7. The number of aromatic nitrogens is 1. The maximum absolute atomic E-state index is 15.4. The number of benzene rings is 1. The molecule has 0 spiro atoms. The van der Waals surface area contributed by atoms with Crippen molar-refractivity contribution in [3.05, 3.63) is 75.2 Å². The zero-order valence-corrected chi connectivity index (χ0v) is 15.3. The van der Waals surface area contributed by atoms with Gasteiger partial charge in [-0.3, -0.25) is 0 Å². The fourth-order valence-corrected chi connectivity index (χ4v) is 4.31. The fraction of sp³-hybridized carbons (Fsp3) is 0.211. The van der Waals surface area contributed by atoms with Gasteiger partial charge in [-0.15, -0.1) is 0 Å². The Bertz CT molecular complexity index is 1010. The van der Waals surface area contributed by atoms with Crippen molar-refractivity contribution in [3.8, 4) is 0 Å². The molecule has 25 heavy (non-hydrogen) atoms. The fourth-order valence-electron chi connectivity index (χ4n) is 4.19. The first-order valence-corrected chi connectivity index (χ1v) is 8.64. The number of aryl methyl sites for hydroxylation is 2. The Morgan fingerprint density at radius 2 is 1.68 bits per heavy atom. The van der Waals surface area contributed by atoms with Crippen LogP contribution in [0.1, 0.15) is 36.4 Å². The summed E-state index contributed by atoms with van der Waals surface area (Å²) in [6, 6.07) is 9.22. The number of allylic oxidation sites excluding steroid dienone is 2. The highest BCUT2D eigenvalue weighted by molar-refractivity contribution is 6.58. The molecule has 0 radical (unpaired) electrons. The van der Waals surface area contributed by atoms with Crippen molar-refractivity contribution in [1.29, 1.82) is 0 Å². The van der Waals surface area contributed by atoms with E-state index in [9.17, 15) is 0 Å². The van der Waals surface area contributed by atoms with E-state index in [1.165, 1.54) is 8.96 Å². The topological polar surface area (TPSA) is 7.94 Å². The van der Waals surface area contributed by atoms with E-state index in [1.54, 1.807) is 26.0 Å². The Morgan fingerprint density at radius 3 is 2.32 bits per heavy atom. The third kappa shape index (κ3) is 2.12. The summed E-state index contributed by atoms with van der Waals surface area (Å²) in [7, 11) is 0. The molecule has 2 nitrogen and oxygen atoms in total.